The molecule has 118 valence electrons. The van der Waals surface area contributed by atoms with Crippen molar-refractivity contribution >= 4 is 0 Å². The molecule has 1 aliphatic rings. The minimum absolute atomic E-state index is 0.484. The van der Waals surface area contributed by atoms with Crippen molar-refractivity contribution in [2.75, 3.05) is 6.54 Å². The number of unbranched alkanes of at least 4 members (excludes halogenated alkanes) is 1. The molecule has 0 aromatic heterocycles. The lowest BCUT2D eigenvalue weighted by Gasteiger charge is -2.37. The predicted octanol–water partition coefficient (Wildman–Crippen LogP) is 5.29. The molecule has 0 radical (unpaired) electrons. The summed E-state index contributed by atoms with van der Waals surface area (Å²) in [6.07, 6.45) is 9.06. The summed E-state index contributed by atoms with van der Waals surface area (Å²) in [4.78, 5) is 0. The average Bonchev–Trinajstić information content (AvgIpc) is 2.48. The molecule has 1 saturated carbocycles. The Morgan fingerprint density at radius 3 is 2.10 bits per heavy atom. The lowest BCUT2D eigenvalue weighted by Crippen LogP contribution is -2.25. The highest BCUT2D eigenvalue weighted by Crippen LogP contribution is 2.43. The molecule has 0 bridgehead atoms. The fourth-order valence-corrected chi connectivity index (χ4v) is 3.72. The fourth-order valence-electron chi connectivity index (χ4n) is 3.72. The zero-order valence-corrected chi connectivity index (χ0v) is 14.2. The number of hydrogen-bond donors (Lipinski definition) is 1. The van der Waals surface area contributed by atoms with Crippen molar-refractivity contribution in [1.29, 1.82) is 0 Å². The van der Waals surface area contributed by atoms with Gasteiger partial charge in [-0.3, -0.25) is 0 Å². The molecule has 0 spiro atoms. The lowest BCUT2D eigenvalue weighted by molar-refractivity contribution is 0.169. The second-order valence-electron chi connectivity index (χ2n) is 7.90. The van der Waals surface area contributed by atoms with Crippen LogP contribution >= 0.6 is 0 Å². The maximum atomic E-state index is 5.56. The molecule has 21 heavy (non-hydrogen) atoms. The molecule has 0 heterocycles. The fraction of sp³-hybridized carbons (Fsp3) is 0.700. The highest BCUT2D eigenvalue weighted by Gasteiger charge is 2.30. The zero-order chi connectivity index (χ0) is 15.3. The molecule has 2 N–H and O–H groups in total. The van der Waals surface area contributed by atoms with Gasteiger partial charge in [-0.15, -0.1) is 0 Å². The molecule has 2 rings (SSSR count). The highest BCUT2D eigenvalue weighted by atomic mass is 14.5. The van der Waals surface area contributed by atoms with Crippen LogP contribution in [0.4, 0.5) is 0 Å². The van der Waals surface area contributed by atoms with Gasteiger partial charge in [0.25, 0.3) is 0 Å². The molecule has 0 unspecified atom stereocenters. The van der Waals surface area contributed by atoms with Crippen LogP contribution in [0.3, 0.4) is 0 Å². The molecule has 1 heteroatoms. The third-order valence-corrected chi connectivity index (χ3v) is 5.32. The van der Waals surface area contributed by atoms with E-state index in [1.807, 2.05) is 0 Å². The molecule has 1 nitrogen and oxygen atoms in total. The van der Waals surface area contributed by atoms with Crippen molar-refractivity contribution in [2.45, 2.75) is 71.6 Å². The molecule has 1 fully saturated rings. The normalized spacial score (nSPS) is 23.2. The molecule has 1 aromatic carbocycles. The Labute approximate surface area is 131 Å². The summed E-state index contributed by atoms with van der Waals surface area (Å²) >= 11 is 0. The number of nitrogens with two attached hydrogens (primary N) is 1. The average molecular weight is 287 g/mol. The van der Waals surface area contributed by atoms with E-state index in [0.29, 0.717) is 5.41 Å². The zero-order valence-electron chi connectivity index (χ0n) is 14.2. The summed E-state index contributed by atoms with van der Waals surface area (Å²) in [5, 5.41) is 0. The van der Waals surface area contributed by atoms with Gasteiger partial charge in [-0.25, -0.2) is 0 Å². The van der Waals surface area contributed by atoms with Crippen molar-refractivity contribution < 1.29 is 0 Å². The summed E-state index contributed by atoms with van der Waals surface area (Å²) in [6, 6.07) is 9.42. The van der Waals surface area contributed by atoms with Gasteiger partial charge in [0.15, 0.2) is 0 Å². The van der Waals surface area contributed by atoms with Crippen LogP contribution in [0.2, 0.25) is 0 Å². The van der Waals surface area contributed by atoms with Crippen LogP contribution in [0.5, 0.6) is 0 Å². The van der Waals surface area contributed by atoms with E-state index >= 15 is 0 Å². The molecule has 0 atom stereocenters. The van der Waals surface area contributed by atoms with Gasteiger partial charge < -0.3 is 5.73 Å². The molecular weight excluding hydrogens is 254 g/mol. The standard InChI is InChI=1S/C20H33N/c1-20(2,3)19-13-11-18(12-14-19)17-9-7-16(8-10-17)6-4-5-15-21/h7-10,18-19H,4-6,11-15,21H2,1-3H3. The third-order valence-electron chi connectivity index (χ3n) is 5.32. The van der Waals surface area contributed by atoms with E-state index in [2.05, 4.69) is 45.0 Å². The molecule has 0 saturated heterocycles. The first-order chi connectivity index (χ1) is 10.0. The number of hydrogen-bond acceptors (Lipinski definition) is 1. The van der Waals surface area contributed by atoms with Gasteiger partial charge in [-0.05, 0) is 79.9 Å². The summed E-state index contributed by atoms with van der Waals surface area (Å²) < 4.78 is 0. The molecule has 0 aliphatic heterocycles. The smallest absolute Gasteiger partial charge is 0.00772 e. The van der Waals surface area contributed by atoms with Crippen molar-refractivity contribution in [1.82, 2.24) is 0 Å². The largest absolute Gasteiger partial charge is 0.330 e. The summed E-state index contributed by atoms with van der Waals surface area (Å²) in [7, 11) is 0. The van der Waals surface area contributed by atoms with Crippen LogP contribution in [0.25, 0.3) is 0 Å². The van der Waals surface area contributed by atoms with E-state index in [1.165, 1.54) is 44.1 Å². The van der Waals surface area contributed by atoms with E-state index in [4.69, 9.17) is 5.73 Å². The summed E-state index contributed by atoms with van der Waals surface area (Å²) in [6.45, 7) is 8.01. The van der Waals surface area contributed by atoms with Gasteiger partial charge in [-0.1, -0.05) is 45.0 Å². The van der Waals surface area contributed by atoms with Gasteiger partial charge in [-0.2, -0.15) is 0 Å². The Morgan fingerprint density at radius 1 is 0.952 bits per heavy atom. The Morgan fingerprint density at radius 2 is 1.57 bits per heavy atom. The van der Waals surface area contributed by atoms with Crippen molar-refractivity contribution in [3.8, 4) is 0 Å². The molecular formula is C20H33N. The lowest BCUT2D eigenvalue weighted by atomic mass is 9.68. The van der Waals surface area contributed by atoms with Gasteiger partial charge >= 0.3 is 0 Å². The van der Waals surface area contributed by atoms with Crippen molar-refractivity contribution in [3.05, 3.63) is 35.4 Å². The SMILES string of the molecule is CC(C)(C)C1CCC(c2ccc(CCCCN)cc2)CC1. The van der Waals surface area contributed by atoms with Crippen LogP contribution in [-0.4, -0.2) is 6.54 Å². The topological polar surface area (TPSA) is 26.0 Å². The summed E-state index contributed by atoms with van der Waals surface area (Å²) in [5.41, 5.74) is 9.07. The van der Waals surface area contributed by atoms with E-state index in [1.54, 1.807) is 5.56 Å². The number of rotatable bonds is 5. The Hall–Kier alpha value is -0.820. The molecule has 1 aromatic rings. The van der Waals surface area contributed by atoms with E-state index in [0.717, 1.165) is 24.8 Å². The van der Waals surface area contributed by atoms with Crippen LogP contribution in [0.15, 0.2) is 24.3 Å². The first-order valence-corrected chi connectivity index (χ1v) is 8.79. The van der Waals surface area contributed by atoms with Gasteiger partial charge in [0, 0.05) is 0 Å². The third kappa shape index (κ3) is 4.85. The maximum absolute atomic E-state index is 5.56. The quantitative estimate of drug-likeness (QED) is 0.732. The summed E-state index contributed by atoms with van der Waals surface area (Å²) in [5.74, 6) is 1.70. The minimum atomic E-state index is 0.484. The maximum Gasteiger partial charge on any atom is -0.00772 e. The van der Waals surface area contributed by atoms with Crippen LogP contribution in [0, 0.1) is 11.3 Å². The first-order valence-electron chi connectivity index (χ1n) is 8.79. The monoisotopic (exact) mass is 287 g/mol. The van der Waals surface area contributed by atoms with Crippen molar-refractivity contribution in [2.24, 2.45) is 17.1 Å². The van der Waals surface area contributed by atoms with E-state index in [9.17, 15) is 0 Å². The van der Waals surface area contributed by atoms with Crippen LogP contribution in [-0.2, 0) is 6.42 Å². The first kappa shape index (κ1) is 16.5. The number of aryl methyl sites for hydroxylation is 1. The van der Waals surface area contributed by atoms with Gasteiger partial charge in [0.2, 0.25) is 0 Å². The Balaban J connectivity index is 1.86. The van der Waals surface area contributed by atoms with Gasteiger partial charge in [0.1, 0.15) is 0 Å². The Kier molecular flexibility index (Phi) is 5.87. The van der Waals surface area contributed by atoms with Crippen LogP contribution in [0.1, 0.15) is 76.3 Å². The number of benzene rings is 1. The molecule has 1 aliphatic carbocycles. The van der Waals surface area contributed by atoms with E-state index < -0.39 is 0 Å². The Bertz CT molecular complexity index is 404. The van der Waals surface area contributed by atoms with Gasteiger partial charge in [0.05, 0.1) is 0 Å². The van der Waals surface area contributed by atoms with Crippen LogP contribution < -0.4 is 5.73 Å². The molecule has 0 amide bonds. The van der Waals surface area contributed by atoms with E-state index in [-0.39, 0.29) is 0 Å². The predicted molar refractivity (Wildman–Crippen MR) is 92.6 cm³/mol. The van der Waals surface area contributed by atoms with Crippen molar-refractivity contribution in [3.63, 3.8) is 0 Å². The second-order valence-corrected chi connectivity index (χ2v) is 7.90. The minimum Gasteiger partial charge on any atom is -0.330 e. The second kappa shape index (κ2) is 7.45. The highest BCUT2D eigenvalue weighted by molar-refractivity contribution is 5.26.